The number of carbonyl (C=O) groups excluding carboxylic acids is 3. The van der Waals surface area contributed by atoms with Crippen LogP contribution in [0, 0.1) is 0 Å². The highest BCUT2D eigenvalue weighted by molar-refractivity contribution is 8.01. The van der Waals surface area contributed by atoms with Crippen LogP contribution in [0.3, 0.4) is 0 Å². The molecule has 8 nitrogen and oxygen atoms in total. The molecule has 1 N–H and O–H groups in total. The molecule has 4 rings (SSSR count). The Kier molecular flexibility index (Phi) is 7.62. The second kappa shape index (κ2) is 10.8. The van der Waals surface area contributed by atoms with Gasteiger partial charge in [-0.3, -0.25) is 14.4 Å². The molecule has 0 radical (unpaired) electrons. The normalized spacial score (nSPS) is 18.1. The maximum atomic E-state index is 13.5. The highest BCUT2D eigenvalue weighted by Gasteiger charge is 2.40. The van der Waals surface area contributed by atoms with Gasteiger partial charge in [-0.1, -0.05) is 25.0 Å². The number of para-hydroxylation sites is 1. The molecule has 1 saturated heterocycles. The van der Waals surface area contributed by atoms with Gasteiger partial charge in [-0.25, -0.2) is 0 Å². The summed E-state index contributed by atoms with van der Waals surface area (Å²) in [5.74, 6) is 0.132. The van der Waals surface area contributed by atoms with E-state index in [4.69, 9.17) is 9.47 Å². The topological polar surface area (TPSA) is 88.2 Å². The maximum absolute atomic E-state index is 13.5. The fraction of sp³-hybridized carbons (Fsp3) is 0.400. The lowest BCUT2D eigenvalue weighted by Crippen LogP contribution is -2.51. The summed E-state index contributed by atoms with van der Waals surface area (Å²) in [7, 11) is 3.06. The van der Waals surface area contributed by atoms with Crippen molar-refractivity contribution in [2.75, 3.05) is 44.1 Å². The summed E-state index contributed by atoms with van der Waals surface area (Å²) in [5, 5.41) is 1.92. The van der Waals surface area contributed by atoms with Crippen molar-refractivity contribution in [2.24, 2.45) is 0 Å². The van der Waals surface area contributed by atoms with Gasteiger partial charge in [-0.05, 0) is 37.1 Å². The first-order valence-corrected chi connectivity index (χ1v) is 12.3. The van der Waals surface area contributed by atoms with Gasteiger partial charge >= 0.3 is 0 Å². The van der Waals surface area contributed by atoms with Crippen molar-refractivity contribution in [2.45, 2.75) is 35.8 Å². The molecule has 3 amide bonds. The Balaban J connectivity index is 1.53. The number of benzene rings is 2. The molecule has 0 aromatic heterocycles. The van der Waals surface area contributed by atoms with E-state index in [2.05, 4.69) is 5.32 Å². The molecule has 0 aliphatic carbocycles. The van der Waals surface area contributed by atoms with E-state index in [9.17, 15) is 14.4 Å². The van der Waals surface area contributed by atoms with Crippen LogP contribution in [0.2, 0.25) is 0 Å². The quantitative estimate of drug-likeness (QED) is 0.633. The summed E-state index contributed by atoms with van der Waals surface area (Å²) in [5.41, 5.74) is 1.16. The molecule has 34 heavy (non-hydrogen) atoms. The Morgan fingerprint density at radius 2 is 1.71 bits per heavy atom. The minimum Gasteiger partial charge on any atom is -0.493 e. The number of nitrogens with one attached hydrogen (secondary N) is 1. The lowest BCUT2D eigenvalue weighted by Gasteiger charge is -2.34. The van der Waals surface area contributed by atoms with Crippen LogP contribution in [0.5, 0.6) is 11.5 Å². The first kappa shape index (κ1) is 23.9. The van der Waals surface area contributed by atoms with Crippen molar-refractivity contribution in [3.8, 4) is 11.5 Å². The van der Waals surface area contributed by atoms with E-state index in [0.29, 0.717) is 36.0 Å². The van der Waals surface area contributed by atoms with Crippen LogP contribution in [0.25, 0.3) is 0 Å². The molecule has 0 unspecified atom stereocenters. The van der Waals surface area contributed by atoms with Gasteiger partial charge in [0.15, 0.2) is 16.7 Å². The van der Waals surface area contributed by atoms with Gasteiger partial charge in [0.1, 0.15) is 6.54 Å². The molecule has 2 aliphatic rings. The third-order valence-corrected chi connectivity index (χ3v) is 7.24. The van der Waals surface area contributed by atoms with Gasteiger partial charge in [0.25, 0.3) is 5.91 Å². The van der Waals surface area contributed by atoms with Crippen molar-refractivity contribution >= 4 is 40.9 Å². The smallest absolute Gasteiger partial charge is 0.250 e. The molecule has 2 heterocycles. The zero-order valence-electron chi connectivity index (χ0n) is 19.4. The van der Waals surface area contributed by atoms with Crippen LogP contribution < -0.4 is 19.7 Å². The van der Waals surface area contributed by atoms with Crippen LogP contribution in [0.15, 0.2) is 47.4 Å². The number of ether oxygens (including phenoxy) is 2. The van der Waals surface area contributed by atoms with Crippen molar-refractivity contribution in [3.05, 3.63) is 42.5 Å². The Bertz CT molecular complexity index is 1070. The number of nitrogens with zero attached hydrogens (tertiary/aromatic N) is 2. The second-order valence-electron chi connectivity index (χ2n) is 8.25. The fourth-order valence-corrected chi connectivity index (χ4v) is 5.44. The molecule has 9 heteroatoms. The van der Waals surface area contributed by atoms with Gasteiger partial charge in [0.2, 0.25) is 11.8 Å². The van der Waals surface area contributed by atoms with E-state index < -0.39 is 5.25 Å². The van der Waals surface area contributed by atoms with E-state index in [0.717, 1.165) is 30.6 Å². The van der Waals surface area contributed by atoms with Crippen LogP contribution in [0.4, 0.5) is 11.4 Å². The number of thioether (sulfide) groups is 1. The van der Waals surface area contributed by atoms with Crippen LogP contribution in [-0.2, 0) is 14.4 Å². The van der Waals surface area contributed by atoms with Crippen LogP contribution >= 0.6 is 11.8 Å². The van der Waals surface area contributed by atoms with Gasteiger partial charge in [-0.15, -0.1) is 11.8 Å². The van der Waals surface area contributed by atoms with Crippen molar-refractivity contribution in [3.63, 3.8) is 0 Å². The largest absolute Gasteiger partial charge is 0.493 e. The number of methoxy groups -OCH3 is 2. The van der Waals surface area contributed by atoms with Gasteiger partial charge in [0, 0.05) is 29.7 Å². The van der Waals surface area contributed by atoms with Crippen LogP contribution in [0.1, 0.15) is 25.7 Å². The summed E-state index contributed by atoms with van der Waals surface area (Å²) < 4.78 is 10.5. The molecule has 2 aromatic rings. The minimum absolute atomic E-state index is 0.170. The van der Waals surface area contributed by atoms with Crippen LogP contribution in [-0.4, -0.2) is 61.7 Å². The minimum atomic E-state index is -0.887. The number of hydrogen-bond acceptors (Lipinski definition) is 6. The number of likely N-dealkylation sites (tertiary alicyclic amines) is 1. The summed E-state index contributed by atoms with van der Waals surface area (Å²) in [4.78, 5) is 43.8. The number of amides is 3. The third kappa shape index (κ3) is 5.14. The number of carbonyl (C=O) groups is 3. The molecule has 0 spiro atoms. The van der Waals surface area contributed by atoms with Gasteiger partial charge in [0.05, 0.1) is 19.9 Å². The number of fused-ring (bicyclic) bond motifs is 1. The SMILES string of the molecule is COc1ccc(NC(=O)CN2C(=O)[C@H](C(=O)N3CCCCCC3)Sc3ccccc32)cc1OC. The molecule has 2 aromatic carbocycles. The molecule has 0 bridgehead atoms. The first-order valence-electron chi connectivity index (χ1n) is 11.4. The third-order valence-electron chi connectivity index (χ3n) is 6.00. The molecule has 0 saturated carbocycles. The maximum Gasteiger partial charge on any atom is 0.250 e. The van der Waals surface area contributed by atoms with E-state index in [-0.39, 0.29) is 24.3 Å². The molecular formula is C25H29N3O5S. The summed E-state index contributed by atoms with van der Waals surface area (Å²) in [6.07, 6.45) is 4.10. The van der Waals surface area contributed by atoms with Gasteiger partial charge in [-0.2, -0.15) is 0 Å². The zero-order valence-corrected chi connectivity index (χ0v) is 20.2. The number of hydrogen-bond donors (Lipinski definition) is 1. The highest BCUT2D eigenvalue weighted by Crippen LogP contribution is 2.40. The Hall–Kier alpha value is -3.20. The average Bonchev–Trinajstić information content (AvgIpc) is 3.15. The summed E-state index contributed by atoms with van der Waals surface area (Å²) >= 11 is 1.27. The van der Waals surface area contributed by atoms with Crippen molar-refractivity contribution < 1.29 is 23.9 Å². The van der Waals surface area contributed by atoms with E-state index in [1.165, 1.54) is 30.9 Å². The molecule has 180 valence electrons. The standard InChI is InChI=1S/C25H29N3O5S/c1-32-19-12-11-17(15-20(19)33-2)26-22(29)16-28-18-9-5-6-10-21(18)34-23(25(28)31)24(30)27-13-7-3-4-8-14-27/h5-6,9-12,15,23H,3-4,7-8,13-14,16H2,1-2H3,(H,26,29)/t23-/m0/s1. The van der Waals surface area contributed by atoms with E-state index in [1.54, 1.807) is 29.2 Å². The fourth-order valence-electron chi connectivity index (χ4n) is 4.25. The number of rotatable bonds is 6. The van der Waals surface area contributed by atoms with Gasteiger partial charge < -0.3 is 24.6 Å². The predicted octanol–water partition coefficient (Wildman–Crippen LogP) is 3.55. The Morgan fingerprint density at radius 1 is 1.00 bits per heavy atom. The summed E-state index contributed by atoms with van der Waals surface area (Å²) in [6.45, 7) is 1.14. The monoisotopic (exact) mass is 483 g/mol. The zero-order chi connectivity index (χ0) is 24.1. The average molecular weight is 484 g/mol. The molecule has 1 atom stereocenters. The molecule has 1 fully saturated rings. The highest BCUT2D eigenvalue weighted by atomic mass is 32.2. The first-order chi connectivity index (χ1) is 16.5. The van der Waals surface area contributed by atoms with Crippen molar-refractivity contribution in [1.82, 2.24) is 4.90 Å². The predicted molar refractivity (Wildman–Crippen MR) is 132 cm³/mol. The second-order valence-corrected chi connectivity index (χ2v) is 9.39. The Morgan fingerprint density at radius 3 is 2.41 bits per heavy atom. The molecule has 2 aliphatic heterocycles. The van der Waals surface area contributed by atoms with E-state index in [1.807, 2.05) is 18.2 Å². The lowest BCUT2D eigenvalue weighted by molar-refractivity contribution is -0.135. The Labute approximate surface area is 203 Å². The lowest BCUT2D eigenvalue weighted by atomic mass is 10.2. The van der Waals surface area contributed by atoms with E-state index >= 15 is 0 Å². The number of anilines is 2. The molecular weight excluding hydrogens is 454 g/mol. The summed E-state index contributed by atoms with van der Waals surface area (Å²) in [6, 6.07) is 12.4. The van der Waals surface area contributed by atoms with Crippen molar-refractivity contribution in [1.29, 1.82) is 0 Å².